The Morgan fingerprint density at radius 2 is 1.77 bits per heavy atom. The van der Waals surface area contributed by atoms with E-state index in [0.717, 1.165) is 27.1 Å². The van der Waals surface area contributed by atoms with E-state index in [-0.39, 0.29) is 5.91 Å². The van der Waals surface area contributed by atoms with E-state index in [9.17, 15) is 4.79 Å². The molecule has 1 aromatic heterocycles. The largest absolute Gasteiger partial charge is 0.318 e. The number of nitrogens with zero attached hydrogens (tertiary/aromatic N) is 2. The molecule has 0 saturated carbocycles. The molecule has 4 nitrogen and oxygen atoms in total. The summed E-state index contributed by atoms with van der Waals surface area (Å²) in [6.07, 6.45) is 1.68. The van der Waals surface area contributed by atoms with Crippen molar-refractivity contribution >= 4 is 50.6 Å². The van der Waals surface area contributed by atoms with Crippen LogP contribution in [-0.2, 0) is 0 Å². The number of hydrazone groups is 1. The minimum absolute atomic E-state index is 0.236. The topological polar surface area (TPSA) is 46.4 Å². The summed E-state index contributed by atoms with van der Waals surface area (Å²) in [5.41, 5.74) is 7.41. The van der Waals surface area contributed by atoms with Gasteiger partial charge in [0.05, 0.1) is 6.21 Å². The number of halogens is 2. The number of hydrogen-bond acceptors (Lipinski definition) is 2. The van der Waals surface area contributed by atoms with E-state index in [2.05, 4.69) is 90.9 Å². The fourth-order valence-electron chi connectivity index (χ4n) is 2.73. The van der Waals surface area contributed by atoms with Crippen molar-refractivity contribution in [3.8, 4) is 5.69 Å². The van der Waals surface area contributed by atoms with Gasteiger partial charge >= 0.3 is 0 Å². The van der Waals surface area contributed by atoms with E-state index in [1.54, 1.807) is 18.3 Å². The molecule has 0 aliphatic heterocycles. The predicted octanol–water partition coefficient (Wildman–Crippen LogP) is 5.23. The molecule has 0 unspecified atom stereocenters. The van der Waals surface area contributed by atoms with Gasteiger partial charge in [-0.2, -0.15) is 5.10 Å². The number of carbonyl (C=O) groups is 1. The average Bonchev–Trinajstić information content (AvgIpc) is 2.90. The molecule has 1 amide bonds. The van der Waals surface area contributed by atoms with E-state index in [1.807, 2.05) is 19.1 Å². The van der Waals surface area contributed by atoms with E-state index < -0.39 is 0 Å². The Morgan fingerprint density at radius 3 is 2.42 bits per heavy atom. The van der Waals surface area contributed by atoms with Crippen molar-refractivity contribution < 1.29 is 4.79 Å². The number of rotatable bonds is 4. The van der Waals surface area contributed by atoms with Gasteiger partial charge in [0, 0.05) is 36.2 Å². The van der Waals surface area contributed by atoms with Crippen LogP contribution < -0.4 is 5.43 Å². The Balaban J connectivity index is 1.77. The van der Waals surface area contributed by atoms with Crippen molar-refractivity contribution in [3.63, 3.8) is 0 Å². The maximum absolute atomic E-state index is 12.1. The summed E-state index contributed by atoms with van der Waals surface area (Å²) in [5.74, 6) is -0.236. The minimum Gasteiger partial charge on any atom is -0.318 e. The molecule has 0 aliphatic carbocycles. The Morgan fingerprint density at radius 1 is 1.12 bits per heavy atom. The zero-order chi connectivity index (χ0) is 18.7. The molecule has 0 atom stereocenters. The van der Waals surface area contributed by atoms with Crippen molar-refractivity contribution in [2.75, 3.05) is 0 Å². The van der Waals surface area contributed by atoms with Gasteiger partial charge in [-0.05, 0) is 91.0 Å². The van der Waals surface area contributed by atoms with Crippen LogP contribution in [0.2, 0.25) is 0 Å². The van der Waals surface area contributed by atoms with Gasteiger partial charge < -0.3 is 4.57 Å². The van der Waals surface area contributed by atoms with Gasteiger partial charge in [-0.15, -0.1) is 0 Å². The summed E-state index contributed by atoms with van der Waals surface area (Å²) >= 11 is 5.65. The first kappa shape index (κ1) is 18.8. The number of aryl methyl sites for hydroxylation is 1. The molecule has 0 spiro atoms. The number of amides is 1. The van der Waals surface area contributed by atoms with Gasteiger partial charge in [0.25, 0.3) is 5.91 Å². The van der Waals surface area contributed by atoms with Crippen LogP contribution in [0.15, 0.2) is 64.2 Å². The fourth-order valence-corrected chi connectivity index (χ4v) is 3.36. The van der Waals surface area contributed by atoms with Crippen molar-refractivity contribution in [2.24, 2.45) is 5.10 Å². The first-order valence-electron chi connectivity index (χ1n) is 7.99. The van der Waals surface area contributed by atoms with Crippen LogP contribution in [0, 0.1) is 17.4 Å². The average molecular weight is 522 g/mol. The Bertz CT molecular complexity index is 960. The Labute approximate surface area is 174 Å². The molecule has 2 aromatic carbocycles. The van der Waals surface area contributed by atoms with Crippen LogP contribution >= 0.6 is 38.5 Å². The summed E-state index contributed by atoms with van der Waals surface area (Å²) in [6, 6.07) is 17.6. The molecule has 0 aliphatic rings. The van der Waals surface area contributed by atoms with Crippen LogP contribution in [-0.4, -0.2) is 16.7 Å². The summed E-state index contributed by atoms with van der Waals surface area (Å²) in [5, 5.41) is 4.11. The van der Waals surface area contributed by atoms with Gasteiger partial charge in [-0.1, -0.05) is 15.9 Å². The van der Waals surface area contributed by atoms with E-state index >= 15 is 0 Å². The Hall–Kier alpha value is -1.93. The summed E-state index contributed by atoms with van der Waals surface area (Å²) in [6.45, 7) is 4.10. The third kappa shape index (κ3) is 4.24. The molecule has 6 heteroatoms. The molecule has 132 valence electrons. The molecular formula is C20H17BrIN3O. The van der Waals surface area contributed by atoms with Gasteiger partial charge in [0.15, 0.2) is 0 Å². The van der Waals surface area contributed by atoms with E-state index in [0.29, 0.717) is 5.56 Å². The highest BCUT2D eigenvalue weighted by Gasteiger charge is 2.09. The third-order valence-corrected chi connectivity index (χ3v) is 5.28. The number of carbonyl (C=O) groups excluding carboxylic acids is 1. The van der Waals surface area contributed by atoms with Crippen molar-refractivity contribution in [2.45, 2.75) is 13.8 Å². The molecule has 1 heterocycles. The summed E-state index contributed by atoms with van der Waals surface area (Å²) < 4.78 is 4.31. The molecular weight excluding hydrogens is 505 g/mol. The lowest BCUT2D eigenvalue weighted by Gasteiger charge is -2.09. The number of aromatic nitrogens is 1. The lowest BCUT2D eigenvalue weighted by atomic mass is 10.2. The maximum atomic E-state index is 12.1. The van der Waals surface area contributed by atoms with Gasteiger partial charge in [-0.3, -0.25) is 4.79 Å². The summed E-state index contributed by atoms with van der Waals surface area (Å²) in [4.78, 5) is 12.1. The lowest BCUT2D eigenvalue weighted by Crippen LogP contribution is -2.17. The van der Waals surface area contributed by atoms with Crippen molar-refractivity contribution in [1.82, 2.24) is 9.99 Å². The standard InChI is InChI=1S/C20H17BrIN3O/c1-13-11-16(14(2)25(13)19-9-7-18(22)8-10-19)12-23-24-20(26)15-3-5-17(21)6-4-15/h3-12H,1-2H3,(H,24,26)/b23-12-. The quantitative estimate of drug-likeness (QED) is 0.285. The predicted molar refractivity (Wildman–Crippen MR) is 117 cm³/mol. The SMILES string of the molecule is Cc1cc(/C=N\NC(=O)c2ccc(Br)cc2)c(C)n1-c1ccc(I)cc1. The smallest absolute Gasteiger partial charge is 0.271 e. The molecule has 0 bridgehead atoms. The van der Waals surface area contributed by atoms with Crippen LogP contribution in [0.25, 0.3) is 5.69 Å². The molecule has 0 saturated heterocycles. The molecule has 3 rings (SSSR count). The van der Waals surface area contributed by atoms with Gasteiger partial charge in [0.2, 0.25) is 0 Å². The minimum atomic E-state index is -0.236. The first-order chi connectivity index (χ1) is 12.5. The molecule has 0 radical (unpaired) electrons. The molecule has 1 N–H and O–H groups in total. The van der Waals surface area contributed by atoms with Gasteiger partial charge in [0.1, 0.15) is 0 Å². The highest BCUT2D eigenvalue weighted by molar-refractivity contribution is 14.1. The van der Waals surface area contributed by atoms with Crippen LogP contribution in [0.5, 0.6) is 0 Å². The monoisotopic (exact) mass is 521 g/mol. The molecule has 0 fully saturated rings. The fraction of sp³-hybridized carbons (Fsp3) is 0.100. The second kappa shape index (κ2) is 8.18. The Kier molecular flexibility index (Phi) is 5.93. The van der Waals surface area contributed by atoms with E-state index in [4.69, 9.17) is 0 Å². The normalized spacial score (nSPS) is 11.1. The highest BCUT2D eigenvalue weighted by Crippen LogP contribution is 2.20. The lowest BCUT2D eigenvalue weighted by molar-refractivity contribution is 0.0955. The van der Waals surface area contributed by atoms with Crippen LogP contribution in [0.4, 0.5) is 0 Å². The van der Waals surface area contributed by atoms with Gasteiger partial charge in [-0.25, -0.2) is 5.43 Å². The zero-order valence-corrected chi connectivity index (χ0v) is 18.1. The molecule has 3 aromatic rings. The van der Waals surface area contributed by atoms with Crippen molar-refractivity contribution in [1.29, 1.82) is 0 Å². The number of hydrogen-bond donors (Lipinski definition) is 1. The third-order valence-electron chi connectivity index (χ3n) is 4.03. The second-order valence-corrected chi connectivity index (χ2v) is 8.01. The molecule has 26 heavy (non-hydrogen) atoms. The van der Waals surface area contributed by atoms with Crippen molar-refractivity contribution in [3.05, 3.63) is 85.2 Å². The highest BCUT2D eigenvalue weighted by atomic mass is 127. The van der Waals surface area contributed by atoms with E-state index in [1.165, 1.54) is 3.57 Å². The summed E-state index contributed by atoms with van der Waals surface area (Å²) in [7, 11) is 0. The maximum Gasteiger partial charge on any atom is 0.271 e. The first-order valence-corrected chi connectivity index (χ1v) is 9.87. The van der Waals surface area contributed by atoms with Crippen LogP contribution in [0.3, 0.4) is 0 Å². The number of nitrogens with one attached hydrogen (secondary N) is 1. The zero-order valence-electron chi connectivity index (χ0n) is 14.3. The number of benzene rings is 2. The second-order valence-electron chi connectivity index (χ2n) is 5.84. The van der Waals surface area contributed by atoms with Crippen LogP contribution in [0.1, 0.15) is 27.3 Å².